The van der Waals surface area contributed by atoms with Gasteiger partial charge in [0.25, 0.3) is 5.91 Å². The minimum atomic E-state index is -0.0418. The van der Waals surface area contributed by atoms with Crippen molar-refractivity contribution in [2.75, 3.05) is 11.5 Å². The number of anilines is 1. The first kappa shape index (κ1) is 14.1. The number of halogens is 1. The molecule has 5 nitrogen and oxygen atoms in total. The van der Waals surface area contributed by atoms with Crippen molar-refractivity contribution >= 4 is 27.5 Å². The molecule has 1 aliphatic heterocycles. The van der Waals surface area contributed by atoms with E-state index in [1.165, 1.54) is 0 Å². The summed E-state index contributed by atoms with van der Waals surface area (Å²) in [6.45, 7) is 2.61. The van der Waals surface area contributed by atoms with Crippen LogP contribution in [0.1, 0.15) is 18.3 Å². The van der Waals surface area contributed by atoms with Gasteiger partial charge in [-0.25, -0.2) is 0 Å². The number of hydrogen-bond acceptors (Lipinski definition) is 3. The van der Waals surface area contributed by atoms with Gasteiger partial charge in [0.1, 0.15) is 5.75 Å². The van der Waals surface area contributed by atoms with Gasteiger partial charge in [0.15, 0.2) is 6.61 Å². The zero-order valence-electron chi connectivity index (χ0n) is 12.0. The number of aromatic nitrogens is 2. The van der Waals surface area contributed by atoms with Gasteiger partial charge in [0.05, 0.1) is 28.1 Å². The first-order valence-electron chi connectivity index (χ1n) is 6.84. The number of hydrogen-bond donors (Lipinski definition) is 0. The molecule has 110 valence electrons. The lowest BCUT2D eigenvalue weighted by molar-refractivity contribution is -0.121. The molecule has 0 fully saturated rings. The summed E-state index contributed by atoms with van der Waals surface area (Å²) in [7, 11) is 1.90. The average molecular weight is 350 g/mol. The van der Waals surface area contributed by atoms with E-state index >= 15 is 0 Å². The summed E-state index contributed by atoms with van der Waals surface area (Å²) in [4.78, 5) is 14.0. The molecular weight excluding hydrogens is 334 g/mol. The highest BCUT2D eigenvalue weighted by atomic mass is 79.9. The van der Waals surface area contributed by atoms with Crippen molar-refractivity contribution in [3.8, 4) is 5.75 Å². The molecule has 3 rings (SSSR count). The van der Waals surface area contributed by atoms with Crippen LogP contribution in [0.4, 0.5) is 5.69 Å². The van der Waals surface area contributed by atoms with Crippen LogP contribution in [0.3, 0.4) is 0 Å². The molecule has 0 atom stereocenters. The second-order valence-corrected chi connectivity index (χ2v) is 5.71. The molecule has 21 heavy (non-hydrogen) atoms. The second-order valence-electron chi connectivity index (χ2n) is 4.92. The predicted octanol–water partition coefficient (Wildman–Crippen LogP) is 2.67. The molecule has 0 bridgehead atoms. The van der Waals surface area contributed by atoms with Gasteiger partial charge in [-0.2, -0.15) is 5.10 Å². The van der Waals surface area contributed by atoms with Crippen LogP contribution < -0.4 is 9.64 Å². The molecule has 0 aliphatic carbocycles. The summed E-state index contributed by atoms with van der Waals surface area (Å²) in [5.74, 6) is 0.700. The van der Waals surface area contributed by atoms with Crippen LogP contribution in [0.5, 0.6) is 5.75 Å². The highest BCUT2D eigenvalue weighted by Gasteiger charge is 2.27. The lowest BCUT2D eigenvalue weighted by atomic mass is 10.2. The SMILES string of the molecule is CCc1nn(C)c(CN2C(=O)COc3ccccc32)c1Br. The van der Waals surface area contributed by atoms with Gasteiger partial charge >= 0.3 is 0 Å². The van der Waals surface area contributed by atoms with Crippen LogP contribution in [-0.2, 0) is 24.8 Å². The van der Waals surface area contributed by atoms with Gasteiger partial charge in [0.2, 0.25) is 0 Å². The Morgan fingerprint density at radius 1 is 1.38 bits per heavy atom. The van der Waals surface area contributed by atoms with Crippen molar-refractivity contribution in [2.24, 2.45) is 7.05 Å². The number of para-hydroxylation sites is 2. The standard InChI is InChI=1S/C15H16BrN3O2/c1-3-10-15(16)12(18(2)17-10)8-19-11-6-4-5-7-13(11)21-9-14(19)20/h4-7H,3,8-9H2,1-2H3. The molecule has 2 heterocycles. The number of carbonyl (C=O) groups excluding carboxylic acids is 1. The highest BCUT2D eigenvalue weighted by molar-refractivity contribution is 9.10. The van der Waals surface area contributed by atoms with Gasteiger partial charge in [-0.05, 0) is 34.5 Å². The topological polar surface area (TPSA) is 47.4 Å². The number of ether oxygens (including phenoxy) is 1. The van der Waals surface area contributed by atoms with E-state index in [0.717, 1.165) is 33.7 Å². The third-order valence-corrected chi connectivity index (χ3v) is 4.53. The minimum Gasteiger partial charge on any atom is -0.482 e. The Morgan fingerprint density at radius 2 is 2.14 bits per heavy atom. The third-order valence-electron chi connectivity index (χ3n) is 3.62. The van der Waals surface area contributed by atoms with Gasteiger partial charge in [0, 0.05) is 7.05 Å². The van der Waals surface area contributed by atoms with Crippen molar-refractivity contribution in [3.63, 3.8) is 0 Å². The molecule has 6 heteroatoms. The molecule has 0 radical (unpaired) electrons. The maximum Gasteiger partial charge on any atom is 0.265 e. The minimum absolute atomic E-state index is 0.0418. The second kappa shape index (κ2) is 5.52. The van der Waals surface area contributed by atoms with Crippen molar-refractivity contribution in [1.29, 1.82) is 0 Å². The Bertz CT molecular complexity index is 696. The Hall–Kier alpha value is -1.82. The van der Waals surface area contributed by atoms with Crippen LogP contribution in [0.2, 0.25) is 0 Å². The number of amides is 1. The van der Waals surface area contributed by atoms with E-state index in [-0.39, 0.29) is 12.5 Å². The molecule has 1 aromatic carbocycles. The van der Waals surface area contributed by atoms with Crippen molar-refractivity contribution in [3.05, 3.63) is 40.1 Å². The summed E-state index contributed by atoms with van der Waals surface area (Å²) < 4.78 is 8.27. The van der Waals surface area contributed by atoms with Crippen LogP contribution in [0.25, 0.3) is 0 Å². The number of aryl methyl sites for hydroxylation is 2. The smallest absolute Gasteiger partial charge is 0.265 e. The maximum absolute atomic E-state index is 12.2. The number of benzene rings is 1. The summed E-state index contributed by atoms with van der Waals surface area (Å²) in [6, 6.07) is 7.59. The van der Waals surface area contributed by atoms with E-state index in [2.05, 4.69) is 28.0 Å². The van der Waals surface area contributed by atoms with Gasteiger partial charge in [-0.1, -0.05) is 19.1 Å². The monoisotopic (exact) mass is 349 g/mol. The summed E-state index contributed by atoms with van der Waals surface area (Å²) in [6.07, 6.45) is 0.849. The number of carbonyl (C=O) groups is 1. The predicted molar refractivity (Wildman–Crippen MR) is 83.4 cm³/mol. The number of fused-ring (bicyclic) bond motifs is 1. The number of rotatable bonds is 3. The summed E-state index contributed by atoms with van der Waals surface area (Å²) in [5.41, 5.74) is 2.79. The molecule has 1 aromatic heterocycles. The first-order chi connectivity index (χ1) is 10.1. The Morgan fingerprint density at radius 3 is 2.86 bits per heavy atom. The lowest BCUT2D eigenvalue weighted by Crippen LogP contribution is -2.38. The average Bonchev–Trinajstić information content (AvgIpc) is 2.77. The van der Waals surface area contributed by atoms with E-state index in [1.54, 1.807) is 4.90 Å². The first-order valence-corrected chi connectivity index (χ1v) is 7.63. The van der Waals surface area contributed by atoms with E-state index in [1.807, 2.05) is 36.0 Å². The van der Waals surface area contributed by atoms with Crippen molar-refractivity contribution in [2.45, 2.75) is 19.9 Å². The molecule has 1 amide bonds. The summed E-state index contributed by atoms with van der Waals surface area (Å²) >= 11 is 3.60. The van der Waals surface area contributed by atoms with Gasteiger partial charge in [-0.3, -0.25) is 14.4 Å². The zero-order valence-corrected chi connectivity index (χ0v) is 13.6. The Kier molecular flexibility index (Phi) is 3.71. The normalized spacial score (nSPS) is 14.0. The molecule has 2 aromatic rings. The van der Waals surface area contributed by atoms with E-state index < -0.39 is 0 Å². The van der Waals surface area contributed by atoms with E-state index in [0.29, 0.717) is 6.54 Å². The molecular formula is C15H16BrN3O2. The maximum atomic E-state index is 12.2. The third kappa shape index (κ3) is 2.44. The van der Waals surface area contributed by atoms with Crippen LogP contribution in [0.15, 0.2) is 28.7 Å². The highest BCUT2D eigenvalue weighted by Crippen LogP contribution is 2.33. The van der Waals surface area contributed by atoms with Crippen LogP contribution in [0, 0.1) is 0 Å². The fourth-order valence-corrected chi connectivity index (χ4v) is 3.21. The van der Waals surface area contributed by atoms with E-state index in [4.69, 9.17) is 4.74 Å². The Balaban J connectivity index is 1.98. The van der Waals surface area contributed by atoms with Crippen molar-refractivity contribution in [1.82, 2.24) is 9.78 Å². The fraction of sp³-hybridized carbons (Fsp3) is 0.333. The molecule has 0 unspecified atom stereocenters. The Labute approximate surface area is 131 Å². The van der Waals surface area contributed by atoms with Crippen LogP contribution in [-0.4, -0.2) is 22.3 Å². The zero-order chi connectivity index (χ0) is 15.0. The molecule has 0 saturated heterocycles. The number of nitrogens with zero attached hydrogens (tertiary/aromatic N) is 3. The molecule has 1 aliphatic rings. The van der Waals surface area contributed by atoms with Gasteiger partial charge < -0.3 is 4.74 Å². The lowest BCUT2D eigenvalue weighted by Gasteiger charge is -2.29. The molecule has 0 N–H and O–H groups in total. The molecule has 0 saturated carbocycles. The van der Waals surface area contributed by atoms with Gasteiger partial charge in [-0.15, -0.1) is 0 Å². The quantitative estimate of drug-likeness (QED) is 0.855. The molecule has 0 spiro atoms. The van der Waals surface area contributed by atoms with Crippen LogP contribution >= 0.6 is 15.9 Å². The largest absolute Gasteiger partial charge is 0.482 e. The van der Waals surface area contributed by atoms with Crippen molar-refractivity contribution < 1.29 is 9.53 Å². The fourth-order valence-electron chi connectivity index (χ4n) is 2.47. The summed E-state index contributed by atoms with van der Waals surface area (Å²) in [5, 5.41) is 4.48. The van der Waals surface area contributed by atoms with E-state index in [9.17, 15) is 4.79 Å².